The molecule has 1 aromatic heterocycles. The first-order chi connectivity index (χ1) is 9.19. The second kappa shape index (κ2) is 6.01. The fourth-order valence-electron chi connectivity index (χ4n) is 2.81. The van der Waals surface area contributed by atoms with E-state index in [1.54, 1.807) is 0 Å². The van der Waals surface area contributed by atoms with Crippen molar-refractivity contribution in [2.24, 2.45) is 0 Å². The quantitative estimate of drug-likeness (QED) is 0.817. The van der Waals surface area contributed by atoms with Crippen LogP contribution in [0.2, 0.25) is 0 Å². The average molecular weight is 258 g/mol. The summed E-state index contributed by atoms with van der Waals surface area (Å²) in [6.07, 6.45) is 6.01. The highest BCUT2D eigenvalue weighted by Crippen LogP contribution is 2.28. The molecule has 0 radical (unpaired) electrons. The zero-order valence-corrected chi connectivity index (χ0v) is 12.1. The van der Waals surface area contributed by atoms with Gasteiger partial charge in [-0.1, -0.05) is 19.8 Å². The molecule has 102 valence electrons. The molecular weight excluding hydrogens is 236 g/mol. The number of hydrogen-bond acceptors (Lipinski definition) is 4. The van der Waals surface area contributed by atoms with E-state index in [0.717, 1.165) is 30.0 Å². The number of aromatic nitrogens is 2. The van der Waals surface area contributed by atoms with Crippen molar-refractivity contribution in [3.8, 4) is 6.07 Å². The molecule has 0 amide bonds. The van der Waals surface area contributed by atoms with Crippen molar-refractivity contribution in [1.82, 2.24) is 10.2 Å². The van der Waals surface area contributed by atoms with E-state index in [0.29, 0.717) is 11.6 Å². The van der Waals surface area contributed by atoms with E-state index in [-0.39, 0.29) is 0 Å². The summed E-state index contributed by atoms with van der Waals surface area (Å²) in [4.78, 5) is 2.31. The maximum atomic E-state index is 9.44. The number of anilines is 1. The lowest BCUT2D eigenvalue weighted by Crippen LogP contribution is -2.36. The van der Waals surface area contributed by atoms with Crippen LogP contribution in [0.25, 0.3) is 0 Å². The molecule has 1 unspecified atom stereocenters. The Labute approximate surface area is 115 Å². The molecule has 19 heavy (non-hydrogen) atoms. The number of nitriles is 1. The summed E-state index contributed by atoms with van der Waals surface area (Å²) in [5.74, 6) is 0.791. The van der Waals surface area contributed by atoms with Crippen LogP contribution in [0.5, 0.6) is 0 Å². The molecule has 1 fully saturated rings. The summed E-state index contributed by atoms with van der Waals surface area (Å²) in [6.45, 7) is 7.07. The van der Waals surface area contributed by atoms with Gasteiger partial charge in [0.05, 0.1) is 5.69 Å². The summed E-state index contributed by atoms with van der Waals surface area (Å²) in [5, 5.41) is 18.0. The van der Waals surface area contributed by atoms with Gasteiger partial charge >= 0.3 is 0 Å². The van der Waals surface area contributed by atoms with Gasteiger partial charge in [0, 0.05) is 12.6 Å². The van der Waals surface area contributed by atoms with Crippen LogP contribution in [-0.4, -0.2) is 22.8 Å². The third kappa shape index (κ3) is 2.70. The minimum Gasteiger partial charge on any atom is -0.351 e. The van der Waals surface area contributed by atoms with E-state index in [1.165, 1.54) is 25.7 Å². The first-order valence-corrected chi connectivity index (χ1v) is 7.19. The SMILES string of the molecule is CCC1CCCCCN1c1nnc(C)c(C)c1C#N. The highest BCUT2D eigenvalue weighted by Gasteiger charge is 2.24. The molecule has 4 heteroatoms. The third-order valence-corrected chi connectivity index (χ3v) is 4.17. The minimum absolute atomic E-state index is 0.492. The molecule has 0 aromatic carbocycles. The summed E-state index contributed by atoms with van der Waals surface area (Å²) in [6, 6.07) is 2.81. The van der Waals surface area contributed by atoms with Crippen molar-refractivity contribution >= 4 is 5.82 Å². The van der Waals surface area contributed by atoms with Gasteiger partial charge in [-0.05, 0) is 38.7 Å². The Kier molecular flexibility index (Phi) is 4.36. The monoisotopic (exact) mass is 258 g/mol. The minimum atomic E-state index is 0.492. The third-order valence-electron chi connectivity index (χ3n) is 4.17. The van der Waals surface area contributed by atoms with Gasteiger partial charge in [0.15, 0.2) is 5.82 Å². The Balaban J connectivity index is 2.44. The standard InChI is InChI=1S/C15H22N4/c1-4-13-8-6-5-7-9-19(13)15-14(10-16)11(2)12(3)17-18-15/h13H,4-9H2,1-3H3. The van der Waals surface area contributed by atoms with E-state index in [4.69, 9.17) is 0 Å². The largest absolute Gasteiger partial charge is 0.351 e. The van der Waals surface area contributed by atoms with Crippen molar-refractivity contribution in [3.05, 3.63) is 16.8 Å². The Hall–Kier alpha value is -1.63. The van der Waals surface area contributed by atoms with Crippen molar-refractivity contribution in [1.29, 1.82) is 5.26 Å². The van der Waals surface area contributed by atoms with Crippen LogP contribution in [0.3, 0.4) is 0 Å². The lowest BCUT2D eigenvalue weighted by Gasteiger charge is -2.31. The van der Waals surface area contributed by atoms with E-state index < -0.39 is 0 Å². The van der Waals surface area contributed by atoms with Gasteiger partial charge in [0.25, 0.3) is 0 Å². The lowest BCUT2D eigenvalue weighted by atomic mass is 10.1. The first kappa shape index (κ1) is 13.8. The zero-order valence-electron chi connectivity index (χ0n) is 12.1. The van der Waals surface area contributed by atoms with Crippen molar-refractivity contribution in [3.63, 3.8) is 0 Å². The lowest BCUT2D eigenvalue weighted by molar-refractivity contribution is 0.549. The van der Waals surface area contributed by atoms with Gasteiger partial charge in [0.2, 0.25) is 0 Å². The van der Waals surface area contributed by atoms with Gasteiger partial charge in [-0.15, -0.1) is 5.10 Å². The van der Waals surface area contributed by atoms with Crippen molar-refractivity contribution in [2.45, 2.75) is 58.9 Å². The molecule has 2 rings (SSSR count). The van der Waals surface area contributed by atoms with Crippen LogP contribution < -0.4 is 4.90 Å². The van der Waals surface area contributed by atoms with Crippen molar-refractivity contribution < 1.29 is 0 Å². The number of hydrogen-bond donors (Lipinski definition) is 0. The van der Waals surface area contributed by atoms with Gasteiger partial charge in [-0.25, -0.2) is 0 Å². The predicted molar refractivity (Wildman–Crippen MR) is 76.1 cm³/mol. The molecule has 1 aliphatic rings. The van der Waals surface area contributed by atoms with E-state index >= 15 is 0 Å². The summed E-state index contributed by atoms with van der Waals surface area (Å²) >= 11 is 0. The molecule has 0 spiro atoms. The van der Waals surface area contributed by atoms with Gasteiger partial charge in [-0.2, -0.15) is 10.4 Å². The Bertz CT molecular complexity index is 490. The molecule has 4 nitrogen and oxygen atoms in total. The molecule has 1 aliphatic heterocycles. The predicted octanol–water partition coefficient (Wildman–Crippen LogP) is 3.12. The molecule has 0 saturated carbocycles. The summed E-state index contributed by atoms with van der Waals surface area (Å²) in [5.41, 5.74) is 2.52. The highest BCUT2D eigenvalue weighted by atomic mass is 15.3. The average Bonchev–Trinajstić information content (AvgIpc) is 2.66. The number of rotatable bonds is 2. The smallest absolute Gasteiger partial charge is 0.169 e. The second-order valence-electron chi connectivity index (χ2n) is 5.33. The molecule has 1 atom stereocenters. The Morgan fingerprint density at radius 3 is 2.74 bits per heavy atom. The molecule has 1 saturated heterocycles. The Morgan fingerprint density at radius 2 is 2.05 bits per heavy atom. The molecule has 2 heterocycles. The maximum Gasteiger partial charge on any atom is 0.169 e. The highest BCUT2D eigenvalue weighted by molar-refractivity contribution is 5.58. The van der Waals surface area contributed by atoms with E-state index in [1.807, 2.05) is 13.8 Å². The van der Waals surface area contributed by atoms with Crippen molar-refractivity contribution in [2.75, 3.05) is 11.4 Å². The second-order valence-corrected chi connectivity index (χ2v) is 5.33. The maximum absolute atomic E-state index is 9.44. The summed E-state index contributed by atoms with van der Waals surface area (Å²) < 4.78 is 0. The molecule has 1 aromatic rings. The number of nitrogens with zero attached hydrogens (tertiary/aromatic N) is 4. The fourth-order valence-corrected chi connectivity index (χ4v) is 2.81. The first-order valence-electron chi connectivity index (χ1n) is 7.19. The van der Waals surface area contributed by atoms with Crippen LogP contribution in [0.15, 0.2) is 0 Å². The molecule has 0 aliphatic carbocycles. The molecule has 0 N–H and O–H groups in total. The fraction of sp³-hybridized carbons (Fsp3) is 0.667. The Morgan fingerprint density at radius 1 is 1.26 bits per heavy atom. The zero-order chi connectivity index (χ0) is 13.8. The van der Waals surface area contributed by atoms with Crippen LogP contribution >= 0.6 is 0 Å². The number of aryl methyl sites for hydroxylation is 1. The molecular formula is C15H22N4. The normalized spacial score (nSPS) is 19.9. The topological polar surface area (TPSA) is 52.8 Å². The van der Waals surface area contributed by atoms with E-state index in [9.17, 15) is 5.26 Å². The van der Waals surface area contributed by atoms with Crippen LogP contribution in [0, 0.1) is 25.2 Å². The van der Waals surface area contributed by atoms with E-state index in [2.05, 4.69) is 28.1 Å². The van der Waals surface area contributed by atoms with Gasteiger partial charge in [0.1, 0.15) is 11.6 Å². The van der Waals surface area contributed by atoms with Gasteiger partial charge < -0.3 is 4.90 Å². The van der Waals surface area contributed by atoms with Crippen LogP contribution in [0.4, 0.5) is 5.82 Å². The van der Waals surface area contributed by atoms with Crippen LogP contribution in [-0.2, 0) is 0 Å². The van der Waals surface area contributed by atoms with Gasteiger partial charge in [-0.3, -0.25) is 0 Å². The summed E-state index contributed by atoms with van der Waals surface area (Å²) in [7, 11) is 0. The molecule has 0 bridgehead atoms. The van der Waals surface area contributed by atoms with Crippen LogP contribution in [0.1, 0.15) is 55.8 Å².